The second kappa shape index (κ2) is 9.47. The van der Waals surface area contributed by atoms with Crippen molar-refractivity contribution in [2.75, 3.05) is 32.9 Å². The lowest BCUT2D eigenvalue weighted by atomic mass is 9.87. The minimum atomic E-state index is -2.10. The Labute approximate surface area is 209 Å². The van der Waals surface area contributed by atoms with Crippen LogP contribution in [0.15, 0.2) is 42.5 Å². The summed E-state index contributed by atoms with van der Waals surface area (Å²) in [7, 11) is 0. The molecule has 8 heteroatoms. The Morgan fingerprint density at radius 1 is 1.19 bits per heavy atom. The van der Waals surface area contributed by atoms with E-state index >= 15 is 4.39 Å². The standard InChI is InChI=1S/C28H32F3N3O2/c1-17-12-22-20-6-4-5-7-24(20)32-25(22)26(34(17)27(35)28(2,3)31)21-9-8-19(13-23(21)30)36-11-10-33-15-18(14-29)16-33/h4-9,13,17-18,26,32H,10-12,14-16H2,1-3H3/t17-,26-/m1/s1. The van der Waals surface area contributed by atoms with Gasteiger partial charge < -0.3 is 14.6 Å². The summed E-state index contributed by atoms with van der Waals surface area (Å²) in [5.41, 5.74) is 0.806. The molecular weight excluding hydrogens is 467 g/mol. The van der Waals surface area contributed by atoms with E-state index in [1.165, 1.54) is 24.8 Å². The predicted octanol–water partition coefficient (Wildman–Crippen LogP) is 5.20. The lowest BCUT2D eigenvalue weighted by Crippen LogP contribution is -2.52. The van der Waals surface area contributed by atoms with E-state index in [0.29, 0.717) is 44.1 Å². The molecule has 1 N–H and O–H groups in total. The number of likely N-dealkylation sites (tertiary alicyclic amines) is 1. The van der Waals surface area contributed by atoms with Crippen molar-refractivity contribution in [3.63, 3.8) is 0 Å². The van der Waals surface area contributed by atoms with Crippen molar-refractivity contribution in [2.24, 2.45) is 5.92 Å². The van der Waals surface area contributed by atoms with Crippen LogP contribution in [0.2, 0.25) is 0 Å². The Morgan fingerprint density at radius 2 is 1.94 bits per heavy atom. The third kappa shape index (κ3) is 4.47. The number of carbonyl (C=O) groups excluding carboxylic acids is 1. The van der Waals surface area contributed by atoms with Gasteiger partial charge in [-0.15, -0.1) is 0 Å². The molecule has 3 aromatic rings. The molecule has 1 amide bonds. The Bertz CT molecular complexity index is 1260. The number of alkyl halides is 2. The van der Waals surface area contributed by atoms with Gasteiger partial charge in [-0.05, 0) is 51.0 Å². The molecule has 2 atom stereocenters. The Morgan fingerprint density at radius 3 is 2.64 bits per heavy atom. The number of nitrogens with zero attached hydrogens (tertiary/aromatic N) is 2. The molecule has 0 saturated carbocycles. The van der Waals surface area contributed by atoms with Crippen molar-refractivity contribution in [3.8, 4) is 5.75 Å². The Hall–Kier alpha value is -3.00. The number of hydrogen-bond donors (Lipinski definition) is 1. The lowest BCUT2D eigenvalue weighted by molar-refractivity contribution is -0.146. The summed E-state index contributed by atoms with van der Waals surface area (Å²) in [6.07, 6.45) is 0.542. The monoisotopic (exact) mass is 499 g/mol. The number of halogens is 3. The first kappa shape index (κ1) is 24.7. The number of hydrogen-bond acceptors (Lipinski definition) is 3. The minimum Gasteiger partial charge on any atom is -0.492 e. The van der Waals surface area contributed by atoms with Crippen molar-refractivity contribution >= 4 is 16.8 Å². The molecule has 5 nitrogen and oxygen atoms in total. The zero-order chi connectivity index (χ0) is 25.6. The van der Waals surface area contributed by atoms with Gasteiger partial charge in [-0.3, -0.25) is 14.1 Å². The molecular formula is C28H32F3N3O2. The smallest absolute Gasteiger partial charge is 0.260 e. The van der Waals surface area contributed by atoms with Crippen molar-refractivity contribution in [2.45, 2.75) is 44.9 Å². The van der Waals surface area contributed by atoms with Gasteiger partial charge in [-0.1, -0.05) is 18.2 Å². The minimum absolute atomic E-state index is 0.106. The molecule has 1 aromatic heterocycles. The van der Waals surface area contributed by atoms with Crippen LogP contribution < -0.4 is 4.74 Å². The van der Waals surface area contributed by atoms with E-state index in [1.54, 1.807) is 12.1 Å². The van der Waals surface area contributed by atoms with E-state index < -0.39 is 23.4 Å². The molecule has 192 valence electrons. The number of rotatable bonds is 7. The first-order valence-electron chi connectivity index (χ1n) is 12.5. The van der Waals surface area contributed by atoms with Crippen LogP contribution >= 0.6 is 0 Å². The van der Waals surface area contributed by atoms with Crippen LogP contribution in [0.3, 0.4) is 0 Å². The van der Waals surface area contributed by atoms with E-state index in [2.05, 4.69) is 9.88 Å². The highest BCUT2D eigenvalue weighted by Crippen LogP contribution is 2.43. The largest absolute Gasteiger partial charge is 0.492 e. The molecule has 1 saturated heterocycles. The van der Waals surface area contributed by atoms with E-state index in [-0.39, 0.29) is 24.2 Å². The highest BCUT2D eigenvalue weighted by atomic mass is 19.1. The normalized spacial score (nSPS) is 20.9. The third-order valence-electron chi connectivity index (χ3n) is 7.31. The molecule has 36 heavy (non-hydrogen) atoms. The summed E-state index contributed by atoms with van der Waals surface area (Å²) in [6, 6.07) is 11.3. The van der Waals surface area contributed by atoms with E-state index in [1.807, 2.05) is 31.2 Å². The maximum Gasteiger partial charge on any atom is 0.260 e. The number of fused-ring (bicyclic) bond motifs is 3. The maximum atomic E-state index is 15.6. The van der Waals surface area contributed by atoms with Gasteiger partial charge in [-0.2, -0.15) is 0 Å². The summed E-state index contributed by atoms with van der Waals surface area (Å²) in [6.45, 7) is 6.49. The van der Waals surface area contributed by atoms with Crippen molar-refractivity contribution < 1.29 is 22.7 Å². The number of aromatic amines is 1. The van der Waals surface area contributed by atoms with E-state index in [0.717, 1.165) is 16.5 Å². The van der Waals surface area contributed by atoms with Gasteiger partial charge in [0, 0.05) is 59.8 Å². The maximum absolute atomic E-state index is 15.6. The van der Waals surface area contributed by atoms with Gasteiger partial charge in [0.2, 0.25) is 0 Å². The highest BCUT2D eigenvalue weighted by Gasteiger charge is 2.44. The van der Waals surface area contributed by atoms with Gasteiger partial charge >= 0.3 is 0 Å². The van der Waals surface area contributed by atoms with Gasteiger partial charge in [0.25, 0.3) is 5.91 Å². The first-order chi connectivity index (χ1) is 17.2. The molecule has 0 spiro atoms. The molecule has 3 heterocycles. The van der Waals surface area contributed by atoms with Crippen molar-refractivity contribution in [3.05, 3.63) is 65.1 Å². The SMILES string of the molecule is C[C@@H]1Cc2c([nH]c3ccccc23)[C@@H](c2ccc(OCCN3CC(CF)C3)cc2F)N1C(=O)C(C)(C)F. The van der Waals surface area contributed by atoms with Crippen LogP contribution in [-0.4, -0.2) is 65.3 Å². The van der Waals surface area contributed by atoms with E-state index in [9.17, 15) is 13.6 Å². The van der Waals surface area contributed by atoms with Crippen molar-refractivity contribution in [1.82, 2.24) is 14.8 Å². The van der Waals surface area contributed by atoms with Gasteiger partial charge in [0.05, 0.1) is 6.67 Å². The summed E-state index contributed by atoms with van der Waals surface area (Å²) < 4.78 is 48.9. The number of ether oxygens (including phenoxy) is 1. The Balaban J connectivity index is 1.46. The summed E-state index contributed by atoms with van der Waals surface area (Å²) in [5.74, 6) is -0.713. The molecule has 0 unspecified atom stereocenters. The number of H-pyrrole nitrogens is 1. The summed E-state index contributed by atoms with van der Waals surface area (Å²) >= 11 is 0. The van der Waals surface area contributed by atoms with Crippen molar-refractivity contribution in [1.29, 1.82) is 0 Å². The zero-order valence-electron chi connectivity index (χ0n) is 20.9. The first-order valence-corrected chi connectivity index (χ1v) is 12.5. The number of benzene rings is 2. The van der Waals surface area contributed by atoms with Gasteiger partial charge in [0.1, 0.15) is 24.2 Å². The highest BCUT2D eigenvalue weighted by molar-refractivity contribution is 5.89. The molecule has 0 bridgehead atoms. The number of aromatic nitrogens is 1. The number of amides is 1. The quantitative estimate of drug-likeness (QED) is 0.486. The third-order valence-corrected chi connectivity index (χ3v) is 7.31. The van der Waals surface area contributed by atoms with Crippen LogP contribution in [0.5, 0.6) is 5.75 Å². The zero-order valence-corrected chi connectivity index (χ0v) is 20.9. The molecule has 5 rings (SSSR count). The van der Waals surface area contributed by atoms with Crippen LogP contribution in [0.25, 0.3) is 10.9 Å². The fraction of sp³-hybridized carbons (Fsp3) is 0.464. The number of para-hydroxylation sites is 1. The second-order valence-electron chi connectivity index (χ2n) is 10.5. The van der Waals surface area contributed by atoms with E-state index in [4.69, 9.17) is 4.74 Å². The van der Waals surface area contributed by atoms with Crippen LogP contribution in [0, 0.1) is 11.7 Å². The van der Waals surface area contributed by atoms with Gasteiger partial charge in [0.15, 0.2) is 5.67 Å². The molecule has 0 radical (unpaired) electrons. The molecule has 2 aliphatic rings. The molecule has 2 aromatic carbocycles. The lowest BCUT2D eigenvalue weighted by Gasteiger charge is -2.42. The Kier molecular flexibility index (Phi) is 6.49. The average Bonchev–Trinajstić information content (AvgIpc) is 3.17. The topological polar surface area (TPSA) is 48.6 Å². The van der Waals surface area contributed by atoms with Crippen LogP contribution in [-0.2, 0) is 11.2 Å². The summed E-state index contributed by atoms with van der Waals surface area (Å²) in [5, 5.41) is 1.03. The molecule has 0 aliphatic carbocycles. The predicted molar refractivity (Wildman–Crippen MR) is 133 cm³/mol. The summed E-state index contributed by atoms with van der Waals surface area (Å²) in [4.78, 5) is 20.2. The van der Waals surface area contributed by atoms with Crippen LogP contribution in [0.4, 0.5) is 13.2 Å². The van der Waals surface area contributed by atoms with Crippen LogP contribution in [0.1, 0.15) is 43.6 Å². The molecule has 1 fully saturated rings. The fourth-order valence-corrected chi connectivity index (χ4v) is 5.46. The number of nitrogens with one attached hydrogen (secondary N) is 1. The average molecular weight is 500 g/mol. The second-order valence-corrected chi connectivity index (χ2v) is 10.5. The fourth-order valence-electron chi connectivity index (χ4n) is 5.46. The van der Waals surface area contributed by atoms with Gasteiger partial charge in [-0.25, -0.2) is 8.78 Å². The number of carbonyl (C=O) groups is 1. The molecule has 2 aliphatic heterocycles.